The lowest BCUT2D eigenvalue weighted by Gasteiger charge is -2.24. The highest BCUT2D eigenvalue weighted by Crippen LogP contribution is 2.35. The van der Waals surface area contributed by atoms with Crippen LogP contribution in [0, 0.1) is 10.1 Å². The van der Waals surface area contributed by atoms with E-state index in [1.54, 1.807) is 18.2 Å². The van der Waals surface area contributed by atoms with Crippen LogP contribution in [0.25, 0.3) is 0 Å². The molecule has 0 aliphatic heterocycles. The summed E-state index contributed by atoms with van der Waals surface area (Å²) < 4.78 is 32.4. The number of benzene rings is 3. The van der Waals surface area contributed by atoms with Gasteiger partial charge in [0.2, 0.25) is 0 Å². The number of sulfonamides is 1. The van der Waals surface area contributed by atoms with Crippen molar-refractivity contribution in [1.82, 2.24) is 5.43 Å². The quantitative estimate of drug-likeness (QED) is 0.247. The van der Waals surface area contributed by atoms with Gasteiger partial charge in [-0.1, -0.05) is 47.5 Å². The van der Waals surface area contributed by atoms with Crippen molar-refractivity contribution in [1.29, 1.82) is 0 Å². The summed E-state index contributed by atoms with van der Waals surface area (Å²) in [6.07, 6.45) is 1.17. The van der Waals surface area contributed by atoms with Gasteiger partial charge in [-0.05, 0) is 36.4 Å². The third-order valence-electron chi connectivity index (χ3n) is 4.62. The number of hydrogen-bond donors (Lipinski definition) is 1. The number of ether oxygens (including phenoxy) is 1. The lowest BCUT2D eigenvalue weighted by molar-refractivity contribution is -0.385. The molecule has 0 aliphatic rings. The first-order valence-electron chi connectivity index (χ1n) is 9.81. The van der Waals surface area contributed by atoms with Crippen LogP contribution in [0.2, 0.25) is 10.0 Å². The van der Waals surface area contributed by atoms with Crippen molar-refractivity contribution in [2.75, 3.05) is 18.0 Å². The van der Waals surface area contributed by atoms with Crippen LogP contribution in [-0.4, -0.2) is 39.1 Å². The van der Waals surface area contributed by atoms with Gasteiger partial charge >= 0.3 is 5.69 Å². The molecular formula is C22H18Cl2N4O6S. The molecule has 0 unspecified atom stereocenters. The molecule has 0 bridgehead atoms. The zero-order valence-corrected chi connectivity index (χ0v) is 20.4. The molecule has 0 saturated heterocycles. The summed E-state index contributed by atoms with van der Waals surface area (Å²) in [4.78, 5) is 23.1. The lowest BCUT2D eigenvalue weighted by Crippen LogP contribution is -2.39. The van der Waals surface area contributed by atoms with Gasteiger partial charge in [0.15, 0.2) is 5.75 Å². The highest BCUT2D eigenvalue weighted by Gasteiger charge is 2.29. The smallest absolute Gasteiger partial charge is 0.311 e. The second-order valence-corrected chi connectivity index (χ2v) is 9.53. The Morgan fingerprint density at radius 3 is 2.51 bits per heavy atom. The number of hydrazone groups is 1. The summed E-state index contributed by atoms with van der Waals surface area (Å²) in [7, 11) is -2.90. The Morgan fingerprint density at radius 2 is 1.86 bits per heavy atom. The number of halogens is 2. The molecule has 3 aromatic rings. The summed E-state index contributed by atoms with van der Waals surface area (Å²) in [5, 5.41) is 15.0. The van der Waals surface area contributed by atoms with E-state index in [2.05, 4.69) is 10.5 Å². The number of methoxy groups -OCH3 is 1. The predicted octanol–water partition coefficient (Wildman–Crippen LogP) is 4.26. The van der Waals surface area contributed by atoms with Gasteiger partial charge in [0.1, 0.15) is 6.54 Å². The molecule has 0 heterocycles. The average Bonchev–Trinajstić information content (AvgIpc) is 2.85. The number of anilines is 1. The average molecular weight is 537 g/mol. The van der Waals surface area contributed by atoms with Crippen molar-refractivity contribution >= 4 is 56.7 Å². The number of nitrogens with one attached hydrogen (secondary N) is 1. The third-order valence-corrected chi connectivity index (χ3v) is 7.20. The highest BCUT2D eigenvalue weighted by atomic mass is 35.5. The number of rotatable bonds is 9. The molecule has 0 spiro atoms. The highest BCUT2D eigenvalue weighted by molar-refractivity contribution is 7.92. The Bertz CT molecular complexity index is 1380. The normalized spacial score (nSPS) is 11.3. The maximum Gasteiger partial charge on any atom is 0.311 e. The van der Waals surface area contributed by atoms with Gasteiger partial charge in [-0.3, -0.25) is 19.2 Å². The summed E-state index contributed by atoms with van der Waals surface area (Å²) in [6, 6.07) is 16.0. The number of nitrogens with zero attached hydrogens (tertiary/aromatic N) is 3. The molecule has 1 N–H and O–H groups in total. The third kappa shape index (κ3) is 6.07. The Morgan fingerprint density at radius 1 is 1.14 bits per heavy atom. The summed E-state index contributed by atoms with van der Waals surface area (Å²) >= 11 is 12.3. The molecule has 0 aromatic heterocycles. The Kier molecular flexibility index (Phi) is 8.28. The van der Waals surface area contributed by atoms with Crippen molar-refractivity contribution in [2.45, 2.75) is 4.90 Å². The van der Waals surface area contributed by atoms with E-state index in [1.165, 1.54) is 61.9 Å². The number of nitro benzene ring substituents is 1. The van der Waals surface area contributed by atoms with E-state index in [9.17, 15) is 23.3 Å². The molecule has 10 nitrogen and oxygen atoms in total. The molecular weight excluding hydrogens is 519 g/mol. The molecule has 3 rings (SSSR count). The zero-order valence-electron chi connectivity index (χ0n) is 18.1. The van der Waals surface area contributed by atoms with Gasteiger partial charge in [-0.25, -0.2) is 13.8 Å². The van der Waals surface area contributed by atoms with Crippen molar-refractivity contribution in [3.8, 4) is 5.75 Å². The number of nitro groups is 1. The van der Waals surface area contributed by atoms with Crippen LogP contribution in [0.4, 0.5) is 11.4 Å². The number of carbonyl (C=O) groups is 1. The minimum atomic E-state index is -4.20. The summed E-state index contributed by atoms with van der Waals surface area (Å²) in [5.74, 6) is -0.726. The van der Waals surface area contributed by atoms with E-state index in [0.717, 1.165) is 4.31 Å². The minimum absolute atomic E-state index is 0.00734. The van der Waals surface area contributed by atoms with Crippen LogP contribution in [0.5, 0.6) is 5.75 Å². The van der Waals surface area contributed by atoms with Gasteiger partial charge in [0.05, 0.1) is 38.9 Å². The van der Waals surface area contributed by atoms with Gasteiger partial charge in [-0.15, -0.1) is 0 Å². The molecule has 0 fully saturated rings. The molecule has 0 atom stereocenters. The second kappa shape index (κ2) is 11.2. The predicted molar refractivity (Wildman–Crippen MR) is 133 cm³/mol. The largest absolute Gasteiger partial charge is 0.490 e. The number of hydrogen-bond acceptors (Lipinski definition) is 7. The van der Waals surface area contributed by atoms with E-state index in [0.29, 0.717) is 5.56 Å². The second-order valence-electron chi connectivity index (χ2n) is 6.88. The fourth-order valence-electron chi connectivity index (χ4n) is 2.98. The van der Waals surface area contributed by atoms with Crippen molar-refractivity contribution in [3.05, 3.63) is 92.5 Å². The first-order valence-corrected chi connectivity index (χ1v) is 12.0. The van der Waals surface area contributed by atoms with Crippen LogP contribution < -0.4 is 14.5 Å². The van der Waals surface area contributed by atoms with Crippen LogP contribution >= 0.6 is 23.2 Å². The van der Waals surface area contributed by atoms with Crippen molar-refractivity contribution < 1.29 is 22.9 Å². The van der Waals surface area contributed by atoms with E-state index >= 15 is 0 Å². The molecule has 0 aliphatic carbocycles. The molecule has 1 amide bonds. The van der Waals surface area contributed by atoms with Crippen LogP contribution in [-0.2, 0) is 14.8 Å². The van der Waals surface area contributed by atoms with E-state index in [1.807, 2.05) is 0 Å². The van der Waals surface area contributed by atoms with Crippen molar-refractivity contribution in [2.24, 2.45) is 5.10 Å². The topological polar surface area (TPSA) is 131 Å². The molecule has 13 heteroatoms. The zero-order chi connectivity index (χ0) is 25.6. The SMILES string of the molecule is COc1ccc(/C=N\NC(=O)CN(c2cccc(Cl)c2Cl)S(=O)(=O)c2ccccc2)cc1[N+](=O)[O-]. The number of amides is 1. The minimum Gasteiger partial charge on any atom is -0.490 e. The number of carbonyl (C=O) groups excluding carboxylic acids is 1. The van der Waals surface area contributed by atoms with Crippen molar-refractivity contribution in [3.63, 3.8) is 0 Å². The van der Waals surface area contributed by atoms with Crippen LogP contribution in [0.3, 0.4) is 0 Å². The fraction of sp³-hybridized carbons (Fsp3) is 0.0909. The van der Waals surface area contributed by atoms with E-state index in [-0.39, 0.29) is 32.1 Å². The van der Waals surface area contributed by atoms with Gasteiger partial charge in [0.25, 0.3) is 15.9 Å². The molecule has 0 saturated carbocycles. The Balaban J connectivity index is 1.86. The first kappa shape index (κ1) is 25.9. The maximum absolute atomic E-state index is 13.3. The Labute approximate surface area is 210 Å². The molecule has 182 valence electrons. The van der Waals surface area contributed by atoms with Gasteiger partial charge in [-0.2, -0.15) is 5.10 Å². The lowest BCUT2D eigenvalue weighted by atomic mass is 10.2. The van der Waals surface area contributed by atoms with E-state index < -0.39 is 27.4 Å². The summed E-state index contributed by atoms with van der Waals surface area (Å²) in [5.41, 5.74) is 2.25. The molecule has 3 aromatic carbocycles. The standard InChI is InChI=1S/C22H18Cl2N4O6S/c1-34-20-11-10-15(12-19(20)28(30)31)13-25-26-21(29)14-27(18-9-5-8-17(23)22(18)24)35(32,33)16-6-3-2-4-7-16/h2-13H,14H2,1H3,(H,26,29)/b25-13-. The Hall–Kier alpha value is -3.67. The molecule has 0 radical (unpaired) electrons. The van der Waals surface area contributed by atoms with Crippen LogP contribution in [0.1, 0.15) is 5.56 Å². The molecule has 35 heavy (non-hydrogen) atoms. The summed E-state index contributed by atoms with van der Waals surface area (Å²) in [6.45, 7) is -0.669. The monoisotopic (exact) mass is 536 g/mol. The van der Waals surface area contributed by atoms with Gasteiger partial charge in [0, 0.05) is 11.6 Å². The fourth-order valence-corrected chi connectivity index (χ4v) is 4.88. The maximum atomic E-state index is 13.3. The first-order chi connectivity index (χ1) is 16.6. The van der Waals surface area contributed by atoms with Crippen LogP contribution in [0.15, 0.2) is 76.7 Å². The van der Waals surface area contributed by atoms with Gasteiger partial charge < -0.3 is 4.74 Å². The van der Waals surface area contributed by atoms with E-state index in [4.69, 9.17) is 27.9 Å².